The van der Waals surface area contributed by atoms with E-state index >= 15 is 0 Å². The second-order valence-corrected chi connectivity index (χ2v) is 11.1. The molecule has 0 radical (unpaired) electrons. The van der Waals surface area contributed by atoms with Gasteiger partial charge in [0.1, 0.15) is 0 Å². The summed E-state index contributed by atoms with van der Waals surface area (Å²) >= 11 is 6.55. The lowest BCUT2D eigenvalue weighted by Gasteiger charge is -2.34. The molecule has 27 heavy (non-hydrogen) atoms. The fourth-order valence-electron chi connectivity index (χ4n) is 3.26. The van der Waals surface area contributed by atoms with Crippen LogP contribution >= 0.6 is 31.9 Å². The van der Waals surface area contributed by atoms with Gasteiger partial charge in [-0.2, -0.15) is 0 Å². The Morgan fingerprint density at radius 3 is 1.37 bits per heavy atom. The van der Waals surface area contributed by atoms with E-state index in [4.69, 9.17) is 11.0 Å². The Bertz CT molecular complexity index is 1280. The first-order valence-electron chi connectivity index (χ1n) is 12.2. The van der Waals surface area contributed by atoms with Crippen LogP contribution in [0.1, 0.15) is 11.0 Å². The highest BCUT2D eigenvalue weighted by Crippen LogP contribution is 2.15. The summed E-state index contributed by atoms with van der Waals surface area (Å²) in [6.07, 6.45) is 0. The van der Waals surface area contributed by atoms with Crippen LogP contribution in [0, 0.1) is 0 Å². The molecule has 0 bridgehead atoms. The maximum absolute atomic E-state index is 9.01. The lowest BCUT2D eigenvalue weighted by molar-refractivity contribution is 1.63. The van der Waals surface area contributed by atoms with Gasteiger partial charge in [0.05, 0.1) is 11.0 Å². The summed E-state index contributed by atoms with van der Waals surface area (Å²) in [5, 5.41) is 1.61. The quantitative estimate of drug-likeness (QED) is 0.283. The lowest BCUT2D eigenvalue weighted by Crippen LogP contribution is -2.74. The van der Waals surface area contributed by atoms with Gasteiger partial charge in [-0.05, 0) is 44.9 Å². The van der Waals surface area contributed by atoms with Gasteiger partial charge in [-0.25, -0.2) is 0 Å². The molecule has 0 aromatic heterocycles. The van der Waals surface area contributed by atoms with Crippen molar-refractivity contribution in [1.29, 1.82) is 0 Å². The Morgan fingerprint density at radius 1 is 0.556 bits per heavy atom. The summed E-state index contributed by atoms with van der Waals surface area (Å²) < 4.78 is 69.4. The predicted octanol–water partition coefficient (Wildman–Crippen LogP) is 4.59. The Hall–Kier alpha value is -1.94. The minimum absolute atomic E-state index is 0.0533. The van der Waals surface area contributed by atoms with E-state index in [0.717, 1.165) is 0 Å². The number of halogens is 2. The van der Waals surface area contributed by atoms with Crippen molar-refractivity contribution in [3.05, 3.63) is 118 Å². The Kier molecular flexibility index (Phi) is 3.29. The fraction of sp³-hybridized carbons (Fsp3) is 0. The van der Waals surface area contributed by atoms with Crippen molar-refractivity contribution >= 4 is 60.7 Å². The first-order valence-corrected chi connectivity index (χ1v) is 11.8. The molecule has 0 spiro atoms. The van der Waals surface area contributed by atoms with Crippen LogP contribution in [0.4, 0.5) is 0 Å². The van der Waals surface area contributed by atoms with Gasteiger partial charge in [0, 0.05) is 8.95 Å². The number of hydrogen-bond donors (Lipinski definition) is 0. The highest BCUT2D eigenvalue weighted by molar-refractivity contribution is 9.10. The minimum Gasteiger partial charge on any atom is -0.0623 e. The molecule has 0 aliphatic heterocycles. The van der Waals surface area contributed by atoms with Crippen LogP contribution < -0.4 is 20.7 Å². The maximum Gasteiger partial charge on any atom is 0.179 e. The first kappa shape index (κ1) is 11.2. The summed E-state index contributed by atoms with van der Waals surface area (Å²) in [5.74, 6) is 0. The normalized spacial score (nSPS) is 15.5. The van der Waals surface area contributed by atoms with Gasteiger partial charge in [0.2, 0.25) is 0 Å². The Morgan fingerprint density at radius 2 is 0.963 bits per heavy atom. The van der Waals surface area contributed by atoms with Gasteiger partial charge in [-0.1, -0.05) is 117 Å². The van der Waals surface area contributed by atoms with Crippen molar-refractivity contribution in [1.82, 2.24) is 0 Å². The zero-order valence-corrected chi connectivity index (χ0v) is 18.2. The number of hydrogen-bond acceptors (Lipinski definition) is 0. The minimum atomic E-state index is -3.87. The van der Waals surface area contributed by atoms with Crippen LogP contribution in [0.2, 0.25) is 0 Å². The molecule has 0 aliphatic rings. The molecular weight excluding hydrogens is 476 g/mol. The van der Waals surface area contributed by atoms with Crippen LogP contribution in [0.3, 0.4) is 0 Å². The molecule has 0 unspecified atom stereocenters. The van der Waals surface area contributed by atoms with E-state index < -0.39 is 8.07 Å². The molecule has 0 amide bonds. The summed E-state index contributed by atoms with van der Waals surface area (Å²) in [5.41, 5.74) is 0. The summed E-state index contributed by atoms with van der Waals surface area (Å²) in [6, 6.07) is 15.8. The predicted molar refractivity (Wildman–Crippen MR) is 125 cm³/mol. The molecule has 0 atom stereocenters. The molecule has 4 aromatic rings. The number of benzene rings is 4. The average Bonchev–Trinajstić information content (AvgIpc) is 2.88. The molecule has 132 valence electrons. The van der Waals surface area contributed by atoms with Gasteiger partial charge < -0.3 is 0 Å². The summed E-state index contributed by atoms with van der Waals surface area (Å²) in [6.45, 7) is 0. The van der Waals surface area contributed by atoms with Crippen LogP contribution in [-0.2, 0) is 0 Å². The third-order valence-corrected chi connectivity index (χ3v) is 9.54. The summed E-state index contributed by atoms with van der Waals surface area (Å²) in [7, 11) is -3.87. The van der Waals surface area contributed by atoms with Crippen molar-refractivity contribution in [3.8, 4) is 0 Å². The Balaban J connectivity index is 2.41. The second-order valence-electron chi connectivity index (χ2n) is 5.86. The standard InChI is InChI=1S/C24H18Br2Si/c25-19-9-7-15-23(17-19)27(21-11-3-1-4-12-21,22-13-5-2-6-14-22)24-16-8-10-20(26)18-24/h1-18H/i7D,8D,9D,10D,15D,16D,17D,18D. The Labute approximate surface area is 189 Å². The van der Waals surface area contributed by atoms with Gasteiger partial charge in [-0.15, -0.1) is 0 Å². The topological polar surface area (TPSA) is 0 Å². The van der Waals surface area contributed by atoms with Gasteiger partial charge in [0.15, 0.2) is 8.07 Å². The smallest absolute Gasteiger partial charge is 0.0623 e. The zero-order valence-electron chi connectivity index (χ0n) is 22.0. The van der Waals surface area contributed by atoms with Crippen LogP contribution in [0.25, 0.3) is 0 Å². The van der Waals surface area contributed by atoms with Crippen LogP contribution in [0.15, 0.2) is 118 Å². The molecule has 0 fully saturated rings. The van der Waals surface area contributed by atoms with Crippen LogP contribution in [0.5, 0.6) is 0 Å². The average molecular weight is 502 g/mol. The van der Waals surface area contributed by atoms with E-state index in [1.165, 1.54) is 0 Å². The monoisotopic (exact) mass is 500 g/mol. The first-order chi connectivity index (χ1) is 16.6. The molecule has 3 heteroatoms. The van der Waals surface area contributed by atoms with Crippen LogP contribution in [-0.4, -0.2) is 8.07 Å². The molecule has 0 N–H and O–H groups in total. The van der Waals surface area contributed by atoms with Gasteiger partial charge in [0.25, 0.3) is 0 Å². The number of rotatable bonds is 4. The van der Waals surface area contributed by atoms with E-state index in [2.05, 4.69) is 31.9 Å². The highest BCUT2D eigenvalue weighted by atomic mass is 79.9. The van der Waals surface area contributed by atoms with E-state index in [9.17, 15) is 0 Å². The molecule has 0 heterocycles. The third kappa shape index (κ3) is 3.47. The second kappa shape index (κ2) is 7.97. The van der Waals surface area contributed by atoms with Crippen molar-refractivity contribution in [2.75, 3.05) is 0 Å². The molecule has 0 nitrogen and oxygen atoms in total. The van der Waals surface area contributed by atoms with Gasteiger partial charge >= 0.3 is 0 Å². The van der Waals surface area contributed by atoms with E-state index in [1.807, 2.05) is 36.4 Å². The summed E-state index contributed by atoms with van der Waals surface area (Å²) in [4.78, 5) is 0. The third-order valence-electron chi connectivity index (χ3n) is 4.35. The fourth-order valence-corrected chi connectivity index (χ4v) is 8.47. The van der Waals surface area contributed by atoms with E-state index in [-0.39, 0.29) is 67.7 Å². The van der Waals surface area contributed by atoms with E-state index in [0.29, 0.717) is 10.4 Å². The molecule has 0 saturated carbocycles. The van der Waals surface area contributed by atoms with E-state index in [1.54, 1.807) is 24.3 Å². The molecule has 0 aliphatic carbocycles. The lowest BCUT2D eigenvalue weighted by atomic mass is 10.3. The molecule has 4 aromatic carbocycles. The SMILES string of the molecule is [2H]c1c([2H])c(Br)c([2H])c([Si](c2ccccc2)(c2ccccc2)c2c([2H])c([2H])c([2H])c(Br)c2[2H])c1[2H]. The molecule has 0 saturated heterocycles. The molecule has 4 rings (SSSR count). The largest absolute Gasteiger partial charge is 0.179 e. The van der Waals surface area contributed by atoms with Crippen molar-refractivity contribution in [3.63, 3.8) is 0 Å². The highest BCUT2D eigenvalue weighted by Gasteiger charge is 2.41. The zero-order chi connectivity index (χ0) is 25.7. The maximum atomic E-state index is 9.01. The van der Waals surface area contributed by atoms with Crippen molar-refractivity contribution in [2.45, 2.75) is 0 Å². The van der Waals surface area contributed by atoms with Crippen molar-refractivity contribution < 1.29 is 11.0 Å². The molecular formula is C24H18Br2Si. The van der Waals surface area contributed by atoms with Crippen molar-refractivity contribution in [2.24, 2.45) is 0 Å². The van der Waals surface area contributed by atoms with Gasteiger partial charge in [-0.3, -0.25) is 0 Å².